The van der Waals surface area contributed by atoms with Crippen LogP contribution >= 0.6 is 0 Å². The molecule has 0 aliphatic rings. The molecule has 1 aromatic rings. The zero-order valence-corrected chi connectivity index (χ0v) is 12.0. The van der Waals surface area contributed by atoms with Crippen LogP contribution in [0, 0.1) is 0 Å². The third-order valence-electron chi connectivity index (χ3n) is 2.92. The maximum absolute atomic E-state index is 11.1. The normalized spacial score (nSPS) is 10.8. The summed E-state index contributed by atoms with van der Waals surface area (Å²) in [5.74, 6) is 1.05. The van der Waals surface area contributed by atoms with Gasteiger partial charge in [-0.25, -0.2) is 0 Å². The number of primary amides is 1. The van der Waals surface area contributed by atoms with Crippen molar-refractivity contribution in [3.8, 4) is 11.5 Å². The van der Waals surface area contributed by atoms with Crippen molar-refractivity contribution >= 4 is 5.91 Å². The van der Waals surface area contributed by atoms with E-state index in [4.69, 9.17) is 15.2 Å². The Balaban J connectivity index is 2.87. The average molecular weight is 266 g/mol. The Hall–Kier alpha value is -1.75. The highest BCUT2D eigenvalue weighted by Gasteiger charge is 2.14. The molecule has 106 valence electrons. The van der Waals surface area contributed by atoms with Crippen molar-refractivity contribution in [3.63, 3.8) is 0 Å². The van der Waals surface area contributed by atoms with Crippen molar-refractivity contribution in [2.75, 3.05) is 20.8 Å². The van der Waals surface area contributed by atoms with E-state index in [1.54, 1.807) is 14.2 Å². The number of methoxy groups -OCH3 is 2. The van der Waals surface area contributed by atoms with Gasteiger partial charge in [-0.05, 0) is 31.5 Å². The molecule has 1 amide bonds. The number of ether oxygens (including phenoxy) is 2. The SMILES string of the molecule is COc1ccc(CN(CC(N)=O)C(C)C)cc1OC. The van der Waals surface area contributed by atoms with E-state index in [1.165, 1.54) is 0 Å². The highest BCUT2D eigenvalue weighted by molar-refractivity contribution is 5.75. The average Bonchev–Trinajstić information content (AvgIpc) is 2.37. The van der Waals surface area contributed by atoms with Gasteiger partial charge in [0.15, 0.2) is 11.5 Å². The van der Waals surface area contributed by atoms with Crippen molar-refractivity contribution in [1.82, 2.24) is 4.90 Å². The van der Waals surface area contributed by atoms with Crippen LogP contribution in [0.25, 0.3) is 0 Å². The number of nitrogens with zero attached hydrogens (tertiary/aromatic N) is 1. The number of nitrogens with two attached hydrogens (primary N) is 1. The molecule has 0 saturated carbocycles. The smallest absolute Gasteiger partial charge is 0.231 e. The fourth-order valence-electron chi connectivity index (χ4n) is 1.83. The molecule has 0 bridgehead atoms. The lowest BCUT2D eigenvalue weighted by atomic mass is 10.1. The molecule has 0 unspecified atom stereocenters. The topological polar surface area (TPSA) is 64.8 Å². The lowest BCUT2D eigenvalue weighted by Gasteiger charge is -2.25. The summed E-state index contributed by atoms with van der Waals surface area (Å²) in [5, 5.41) is 0. The largest absolute Gasteiger partial charge is 0.493 e. The van der Waals surface area contributed by atoms with Crippen molar-refractivity contribution in [3.05, 3.63) is 23.8 Å². The molecule has 0 aliphatic carbocycles. The zero-order chi connectivity index (χ0) is 14.4. The van der Waals surface area contributed by atoms with Crippen molar-refractivity contribution in [2.24, 2.45) is 5.73 Å². The fraction of sp³-hybridized carbons (Fsp3) is 0.500. The van der Waals surface area contributed by atoms with E-state index < -0.39 is 0 Å². The summed E-state index contributed by atoms with van der Waals surface area (Å²) in [5.41, 5.74) is 6.31. The molecule has 0 fully saturated rings. The van der Waals surface area contributed by atoms with E-state index in [2.05, 4.69) is 0 Å². The minimum atomic E-state index is -0.325. The first-order valence-corrected chi connectivity index (χ1v) is 6.21. The number of hydrogen-bond donors (Lipinski definition) is 1. The maximum Gasteiger partial charge on any atom is 0.231 e. The number of hydrogen-bond acceptors (Lipinski definition) is 4. The lowest BCUT2D eigenvalue weighted by Crippen LogP contribution is -2.37. The van der Waals surface area contributed by atoms with Gasteiger partial charge in [-0.3, -0.25) is 9.69 Å². The predicted octanol–water partition coefficient (Wildman–Crippen LogP) is 1.40. The number of amides is 1. The summed E-state index contributed by atoms with van der Waals surface area (Å²) in [4.78, 5) is 13.1. The van der Waals surface area contributed by atoms with Crippen LogP contribution in [0.15, 0.2) is 18.2 Å². The number of carbonyl (C=O) groups is 1. The summed E-state index contributed by atoms with van der Waals surface area (Å²) in [7, 11) is 3.20. The second-order valence-electron chi connectivity index (χ2n) is 4.65. The minimum absolute atomic E-state index is 0.237. The Morgan fingerprint density at radius 3 is 2.37 bits per heavy atom. The highest BCUT2D eigenvalue weighted by atomic mass is 16.5. The first-order valence-electron chi connectivity index (χ1n) is 6.21. The van der Waals surface area contributed by atoms with E-state index in [0.29, 0.717) is 18.0 Å². The van der Waals surface area contributed by atoms with Crippen LogP contribution in [0.1, 0.15) is 19.4 Å². The van der Waals surface area contributed by atoms with Crippen LogP contribution in [0.4, 0.5) is 0 Å². The van der Waals surface area contributed by atoms with E-state index in [1.807, 2.05) is 36.9 Å². The molecule has 0 saturated heterocycles. The molecule has 1 aromatic carbocycles. The maximum atomic E-state index is 11.1. The summed E-state index contributed by atoms with van der Waals surface area (Å²) in [6.45, 7) is 4.94. The standard InChI is InChI=1S/C14H22N2O3/c1-10(2)16(9-14(15)17)8-11-5-6-12(18-3)13(7-11)19-4/h5-7,10H,8-9H2,1-4H3,(H2,15,17). The Bertz CT molecular complexity index is 433. The molecule has 0 spiro atoms. The minimum Gasteiger partial charge on any atom is -0.493 e. The summed E-state index contributed by atoms with van der Waals surface area (Å²) in [6, 6.07) is 5.96. The van der Waals surface area contributed by atoms with Gasteiger partial charge in [0.05, 0.1) is 20.8 Å². The van der Waals surface area contributed by atoms with Crippen LogP contribution in [-0.2, 0) is 11.3 Å². The lowest BCUT2D eigenvalue weighted by molar-refractivity contribution is -0.119. The Kier molecular flexibility index (Phi) is 5.63. The molecular weight excluding hydrogens is 244 g/mol. The van der Waals surface area contributed by atoms with Gasteiger partial charge < -0.3 is 15.2 Å². The third-order valence-corrected chi connectivity index (χ3v) is 2.92. The zero-order valence-electron chi connectivity index (χ0n) is 12.0. The molecule has 2 N–H and O–H groups in total. The molecule has 0 atom stereocenters. The first-order chi connectivity index (χ1) is 8.97. The van der Waals surface area contributed by atoms with Crippen LogP contribution in [0.3, 0.4) is 0 Å². The van der Waals surface area contributed by atoms with E-state index in [-0.39, 0.29) is 18.5 Å². The van der Waals surface area contributed by atoms with E-state index in [0.717, 1.165) is 5.56 Å². The molecule has 0 aromatic heterocycles. The molecule has 19 heavy (non-hydrogen) atoms. The number of carbonyl (C=O) groups excluding carboxylic acids is 1. The number of rotatable bonds is 7. The van der Waals surface area contributed by atoms with Gasteiger partial charge in [0.25, 0.3) is 0 Å². The van der Waals surface area contributed by atoms with Crippen LogP contribution in [-0.4, -0.2) is 37.6 Å². The molecule has 5 nitrogen and oxygen atoms in total. The fourth-order valence-corrected chi connectivity index (χ4v) is 1.83. The quantitative estimate of drug-likeness (QED) is 0.810. The second kappa shape index (κ2) is 6.99. The summed E-state index contributed by atoms with van der Waals surface area (Å²) in [6.07, 6.45) is 0. The first kappa shape index (κ1) is 15.3. The molecule has 0 aliphatic heterocycles. The molecule has 1 rings (SSSR count). The van der Waals surface area contributed by atoms with Gasteiger partial charge in [-0.15, -0.1) is 0 Å². The monoisotopic (exact) mass is 266 g/mol. The highest BCUT2D eigenvalue weighted by Crippen LogP contribution is 2.28. The van der Waals surface area contributed by atoms with Gasteiger partial charge >= 0.3 is 0 Å². The number of benzene rings is 1. The van der Waals surface area contributed by atoms with Crippen LogP contribution in [0.2, 0.25) is 0 Å². The van der Waals surface area contributed by atoms with Gasteiger partial charge in [0, 0.05) is 12.6 Å². The molecular formula is C14H22N2O3. The Labute approximate surface area is 114 Å². The summed E-state index contributed by atoms with van der Waals surface area (Å²) < 4.78 is 10.5. The van der Waals surface area contributed by atoms with Crippen molar-refractivity contribution in [2.45, 2.75) is 26.4 Å². The summed E-state index contributed by atoms with van der Waals surface area (Å²) >= 11 is 0. The Morgan fingerprint density at radius 2 is 1.89 bits per heavy atom. The van der Waals surface area contributed by atoms with Gasteiger partial charge in [0.2, 0.25) is 5.91 Å². The van der Waals surface area contributed by atoms with Crippen LogP contribution < -0.4 is 15.2 Å². The van der Waals surface area contributed by atoms with Crippen molar-refractivity contribution in [1.29, 1.82) is 0 Å². The van der Waals surface area contributed by atoms with Gasteiger partial charge in [-0.2, -0.15) is 0 Å². The third kappa shape index (κ3) is 4.44. The van der Waals surface area contributed by atoms with Crippen LogP contribution in [0.5, 0.6) is 11.5 Å². The van der Waals surface area contributed by atoms with Crippen molar-refractivity contribution < 1.29 is 14.3 Å². The second-order valence-corrected chi connectivity index (χ2v) is 4.65. The predicted molar refractivity (Wildman–Crippen MR) is 74.3 cm³/mol. The molecule has 5 heteroatoms. The van der Waals surface area contributed by atoms with E-state index >= 15 is 0 Å². The van der Waals surface area contributed by atoms with Gasteiger partial charge in [0.1, 0.15) is 0 Å². The molecule has 0 heterocycles. The van der Waals surface area contributed by atoms with Gasteiger partial charge in [-0.1, -0.05) is 6.07 Å². The Morgan fingerprint density at radius 1 is 1.26 bits per heavy atom. The molecule has 0 radical (unpaired) electrons. The van der Waals surface area contributed by atoms with E-state index in [9.17, 15) is 4.79 Å².